The molecule has 144 valence electrons. The standard InChI is InChI=1S/C23H24ClN3O/c1-2-20(27-23(28)14-7-9-16(24)10-8-14)22-18-11-17(12-19(18)22)26-21-6-4-3-5-15(21)13-25/h3-10,17-20,22,26H,2,11-12H2,1H3,(H,27,28)/t17?,18-,19+,20-,22?/m1/s1. The number of benzene rings is 2. The molecule has 0 saturated heterocycles. The first-order valence-corrected chi connectivity index (χ1v) is 10.3. The van der Waals surface area contributed by atoms with Crippen LogP contribution in [0, 0.1) is 29.1 Å². The fourth-order valence-corrected chi connectivity index (χ4v) is 4.98. The van der Waals surface area contributed by atoms with E-state index in [1.54, 1.807) is 24.3 Å². The average Bonchev–Trinajstić information content (AvgIpc) is 3.20. The summed E-state index contributed by atoms with van der Waals surface area (Å²) in [5, 5.41) is 16.7. The van der Waals surface area contributed by atoms with Gasteiger partial charge >= 0.3 is 0 Å². The third-order valence-electron chi connectivity index (χ3n) is 6.25. The molecule has 2 aliphatic carbocycles. The zero-order valence-corrected chi connectivity index (χ0v) is 16.6. The van der Waals surface area contributed by atoms with Crippen LogP contribution in [0.3, 0.4) is 0 Å². The molecule has 0 aromatic heterocycles. The molecule has 2 aromatic rings. The Bertz CT molecular complexity index is 893. The van der Waals surface area contributed by atoms with Crippen LogP contribution in [0.15, 0.2) is 48.5 Å². The number of hydrogen-bond acceptors (Lipinski definition) is 3. The smallest absolute Gasteiger partial charge is 0.251 e. The molecule has 0 aliphatic heterocycles. The molecule has 0 radical (unpaired) electrons. The predicted molar refractivity (Wildman–Crippen MR) is 111 cm³/mol. The van der Waals surface area contributed by atoms with Crippen LogP contribution in [0.25, 0.3) is 0 Å². The Hall–Kier alpha value is -2.51. The lowest BCUT2D eigenvalue weighted by molar-refractivity contribution is 0.0927. The third-order valence-corrected chi connectivity index (χ3v) is 6.50. The Labute approximate surface area is 170 Å². The summed E-state index contributed by atoms with van der Waals surface area (Å²) in [4.78, 5) is 12.6. The monoisotopic (exact) mass is 393 g/mol. The van der Waals surface area contributed by atoms with Gasteiger partial charge in [0.25, 0.3) is 5.91 Å². The number of carbonyl (C=O) groups is 1. The third kappa shape index (κ3) is 3.72. The van der Waals surface area contributed by atoms with Crippen molar-refractivity contribution in [2.45, 2.75) is 38.3 Å². The van der Waals surface area contributed by atoms with Crippen LogP contribution in [-0.2, 0) is 0 Å². The van der Waals surface area contributed by atoms with Gasteiger partial charge in [-0.15, -0.1) is 0 Å². The molecule has 2 N–H and O–H groups in total. The maximum absolute atomic E-state index is 12.6. The van der Waals surface area contributed by atoms with Gasteiger partial charge in [-0.2, -0.15) is 5.26 Å². The Morgan fingerprint density at radius 2 is 1.86 bits per heavy atom. The summed E-state index contributed by atoms with van der Waals surface area (Å²) < 4.78 is 0. The van der Waals surface area contributed by atoms with Crippen molar-refractivity contribution in [2.75, 3.05) is 5.32 Å². The number of nitriles is 1. The number of hydrogen-bond donors (Lipinski definition) is 2. The van der Waals surface area contributed by atoms with E-state index >= 15 is 0 Å². The van der Waals surface area contributed by atoms with Crippen LogP contribution in [0.1, 0.15) is 42.1 Å². The average molecular weight is 394 g/mol. The maximum atomic E-state index is 12.6. The van der Waals surface area contributed by atoms with E-state index in [0.29, 0.717) is 39.9 Å². The van der Waals surface area contributed by atoms with Crippen molar-refractivity contribution in [3.05, 3.63) is 64.7 Å². The van der Waals surface area contributed by atoms with Crippen molar-refractivity contribution >= 4 is 23.2 Å². The Balaban J connectivity index is 1.33. The van der Waals surface area contributed by atoms with Gasteiger partial charge in [-0.05, 0) is 73.4 Å². The molecule has 0 bridgehead atoms. The van der Waals surface area contributed by atoms with Crippen molar-refractivity contribution in [2.24, 2.45) is 17.8 Å². The summed E-state index contributed by atoms with van der Waals surface area (Å²) >= 11 is 5.91. The quantitative estimate of drug-likeness (QED) is 0.736. The van der Waals surface area contributed by atoms with Gasteiger partial charge in [-0.3, -0.25) is 4.79 Å². The first-order valence-electron chi connectivity index (χ1n) is 9.92. The lowest BCUT2D eigenvalue weighted by Gasteiger charge is -2.23. The summed E-state index contributed by atoms with van der Waals surface area (Å²) in [6.45, 7) is 2.14. The molecule has 1 amide bonds. The van der Waals surface area contributed by atoms with Crippen molar-refractivity contribution < 1.29 is 4.79 Å². The van der Waals surface area contributed by atoms with E-state index in [1.165, 1.54) is 0 Å². The second kappa shape index (κ2) is 7.85. The second-order valence-corrected chi connectivity index (χ2v) is 8.31. The van der Waals surface area contributed by atoms with Gasteiger partial charge < -0.3 is 10.6 Å². The van der Waals surface area contributed by atoms with E-state index in [1.807, 2.05) is 24.3 Å². The molecule has 2 unspecified atom stereocenters. The molecule has 2 aromatic carbocycles. The summed E-state index contributed by atoms with van der Waals surface area (Å²) in [7, 11) is 0. The van der Waals surface area contributed by atoms with Crippen molar-refractivity contribution in [3.8, 4) is 6.07 Å². The van der Waals surface area contributed by atoms with Crippen molar-refractivity contribution in [1.82, 2.24) is 5.32 Å². The summed E-state index contributed by atoms with van der Waals surface area (Å²) in [6, 6.07) is 17.6. The number of nitrogens with one attached hydrogen (secondary N) is 2. The highest BCUT2D eigenvalue weighted by atomic mass is 35.5. The lowest BCUT2D eigenvalue weighted by Crippen LogP contribution is -2.38. The zero-order valence-electron chi connectivity index (χ0n) is 15.9. The van der Waals surface area contributed by atoms with Crippen LogP contribution < -0.4 is 10.6 Å². The molecule has 2 saturated carbocycles. The van der Waals surface area contributed by atoms with E-state index in [4.69, 9.17) is 11.6 Å². The van der Waals surface area contributed by atoms with Gasteiger partial charge in [0.05, 0.1) is 11.3 Å². The minimum atomic E-state index is -0.0221. The van der Waals surface area contributed by atoms with Gasteiger partial charge in [-0.1, -0.05) is 30.7 Å². The molecule has 0 spiro atoms. The molecule has 0 heterocycles. The fourth-order valence-electron chi connectivity index (χ4n) is 4.86. The number of amides is 1. The highest BCUT2D eigenvalue weighted by Gasteiger charge is 2.58. The minimum Gasteiger partial charge on any atom is -0.381 e. The SMILES string of the molecule is CC[C@@H](NC(=O)c1ccc(Cl)cc1)C1[C@H]2CC(Nc3ccccc3C#N)C[C@@H]12. The second-order valence-electron chi connectivity index (χ2n) is 7.87. The van der Waals surface area contributed by atoms with Gasteiger partial charge in [0.1, 0.15) is 6.07 Å². The predicted octanol–water partition coefficient (Wildman–Crippen LogP) is 4.86. The number of nitrogens with zero attached hydrogens (tertiary/aromatic N) is 1. The molecule has 4 rings (SSSR count). The van der Waals surface area contributed by atoms with Crippen molar-refractivity contribution in [3.63, 3.8) is 0 Å². The van der Waals surface area contributed by atoms with Crippen LogP contribution >= 0.6 is 11.6 Å². The zero-order chi connectivity index (χ0) is 19.7. The van der Waals surface area contributed by atoms with E-state index in [-0.39, 0.29) is 11.9 Å². The first kappa shape index (κ1) is 18.8. The first-order chi connectivity index (χ1) is 13.6. The number of carbonyl (C=O) groups excluding carboxylic acids is 1. The van der Waals surface area contributed by atoms with E-state index in [9.17, 15) is 10.1 Å². The van der Waals surface area contributed by atoms with Crippen LogP contribution in [0.5, 0.6) is 0 Å². The maximum Gasteiger partial charge on any atom is 0.251 e. The summed E-state index contributed by atoms with van der Waals surface area (Å²) in [5.41, 5.74) is 2.28. The molecule has 28 heavy (non-hydrogen) atoms. The number of fused-ring (bicyclic) bond motifs is 1. The Morgan fingerprint density at radius 1 is 1.18 bits per heavy atom. The summed E-state index contributed by atoms with van der Waals surface area (Å²) in [5.74, 6) is 1.85. The van der Waals surface area contributed by atoms with Crippen LogP contribution in [-0.4, -0.2) is 18.0 Å². The van der Waals surface area contributed by atoms with Gasteiger partial charge in [0.15, 0.2) is 0 Å². The number of rotatable bonds is 6. The van der Waals surface area contributed by atoms with Gasteiger partial charge in [0.2, 0.25) is 0 Å². The number of halogens is 1. The van der Waals surface area contributed by atoms with E-state index in [2.05, 4.69) is 23.6 Å². The fraction of sp³-hybridized carbons (Fsp3) is 0.391. The van der Waals surface area contributed by atoms with Gasteiger partial charge in [-0.25, -0.2) is 0 Å². The molecular formula is C23H24ClN3O. The number of para-hydroxylation sites is 1. The molecule has 5 atom stereocenters. The number of anilines is 1. The Kier molecular flexibility index (Phi) is 5.28. The van der Waals surface area contributed by atoms with Crippen LogP contribution in [0.4, 0.5) is 5.69 Å². The lowest BCUT2D eigenvalue weighted by atomic mass is 9.98. The van der Waals surface area contributed by atoms with Gasteiger partial charge in [0, 0.05) is 22.7 Å². The van der Waals surface area contributed by atoms with Crippen LogP contribution in [0.2, 0.25) is 5.02 Å². The molecule has 2 fully saturated rings. The largest absolute Gasteiger partial charge is 0.381 e. The van der Waals surface area contributed by atoms with Crippen molar-refractivity contribution in [1.29, 1.82) is 5.26 Å². The minimum absolute atomic E-state index is 0.0221. The molecule has 4 nitrogen and oxygen atoms in total. The molecule has 2 aliphatic rings. The summed E-state index contributed by atoms with van der Waals surface area (Å²) in [6.07, 6.45) is 3.14. The normalized spacial score (nSPS) is 26.0. The molecule has 5 heteroatoms. The Morgan fingerprint density at radius 3 is 2.50 bits per heavy atom. The topological polar surface area (TPSA) is 64.9 Å². The highest BCUT2D eigenvalue weighted by molar-refractivity contribution is 6.30. The highest BCUT2D eigenvalue weighted by Crippen LogP contribution is 2.59. The van der Waals surface area contributed by atoms with E-state index < -0.39 is 0 Å². The van der Waals surface area contributed by atoms with E-state index in [0.717, 1.165) is 24.9 Å². The molecular weight excluding hydrogens is 370 g/mol.